The molecule has 0 saturated heterocycles. The second kappa shape index (κ2) is 10.7. The van der Waals surface area contributed by atoms with Crippen LogP contribution >= 0.6 is 22.9 Å². The van der Waals surface area contributed by atoms with Crippen LogP contribution in [-0.4, -0.2) is 29.3 Å². The number of nitrogens with zero attached hydrogens (tertiary/aromatic N) is 3. The predicted octanol–water partition coefficient (Wildman–Crippen LogP) is 6.43. The van der Waals surface area contributed by atoms with E-state index in [0.29, 0.717) is 63.7 Å². The number of rotatable bonds is 9. The summed E-state index contributed by atoms with van der Waals surface area (Å²) in [6.45, 7) is 9.11. The second-order valence-electron chi connectivity index (χ2n) is 9.39. The second-order valence-corrected chi connectivity index (χ2v) is 10.9. The SMILES string of the molecule is CCOc1cc(C2c3c(oc4ccc(Cl)cc4c3=O)C(=O)N2c2nnc(CC)s2)ccc1OCCC(C)C. The Balaban J connectivity index is 1.68. The van der Waals surface area contributed by atoms with Crippen LogP contribution in [0, 0.1) is 5.92 Å². The molecule has 1 unspecified atom stereocenters. The molecule has 2 aromatic heterocycles. The molecule has 1 aliphatic rings. The van der Waals surface area contributed by atoms with E-state index in [9.17, 15) is 9.59 Å². The molecule has 0 spiro atoms. The molecule has 10 heteroatoms. The van der Waals surface area contributed by atoms with E-state index in [2.05, 4.69) is 24.0 Å². The standard InChI is InChI=1S/C28H28ClN3O5S/c1-5-22-30-31-28(38-22)32-24(16-7-9-20(21(13-16)35-6-2)36-12-11-15(3)4)23-25(33)18-14-17(29)8-10-19(18)37-26(23)27(32)34/h7-10,13-15,24H,5-6,11-12H2,1-4H3. The summed E-state index contributed by atoms with van der Waals surface area (Å²) >= 11 is 7.51. The van der Waals surface area contributed by atoms with Crippen LogP contribution in [0.2, 0.25) is 5.02 Å². The van der Waals surface area contributed by atoms with Crippen LogP contribution in [0.4, 0.5) is 5.13 Å². The van der Waals surface area contributed by atoms with Gasteiger partial charge in [-0.1, -0.05) is 49.8 Å². The molecule has 1 atom stereocenters. The summed E-state index contributed by atoms with van der Waals surface area (Å²) in [4.78, 5) is 29.1. The fourth-order valence-corrected chi connectivity index (χ4v) is 5.41. The lowest BCUT2D eigenvalue weighted by molar-refractivity contribution is 0.0970. The van der Waals surface area contributed by atoms with Crippen molar-refractivity contribution in [2.75, 3.05) is 18.1 Å². The minimum absolute atomic E-state index is 0.0155. The molecular formula is C28H28ClN3O5S. The number of carbonyl (C=O) groups is 1. The third-order valence-corrected chi connectivity index (χ3v) is 7.63. The van der Waals surface area contributed by atoms with Gasteiger partial charge in [-0.3, -0.25) is 14.5 Å². The van der Waals surface area contributed by atoms with Crippen molar-refractivity contribution >= 4 is 44.9 Å². The van der Waals surface area contributed by atoms with Gasteiger partial charge in [-0.25, -0.2) is 0 Å². The highest BCUT2D eigenvalue weighted by Gasteiger charge is 2.45. The number of benzene rings is 2. The fraction of sp³-hybridized carbons (Fsp3) is 0.357. The zero-order chi connectivity index (χ0) is 27.0. The van der Waals surface area contributed by atoms with E-state index < -0.39 is 11.9 Å². The number of anilines is 1. The number of amides is 1. The summed E-state index contributed by atoms with van der Waals surface area (Å²) in [6, 6.07) is 9.47. The first-order valence-electron chi connectivity index (χ1n) is 12.6. The zero-order valence-corrected chi connectivity index (χ0v) is 23.2. The summed E-state index contributed by atoms with van der Waals surface area (Å²) in [5.74, 6) is 1.18. The van der Waals surface area contributed by atoms with Gasteiger partial charge in [0.15, 0.2) is 16.9 Å². The number of carbonyl (C=O) groups excluding carboxylic acids is 1. The summed E-state index contributed by atoms with van der Waals surface area (Å²) in [7, 11) is 0. The molecule has 1 aliphatic heterocycles. The summed E-state index contributed by atoms with van der Waals surface area (Å²) < 4.78 is 17.9. The average Bonchev–Trinajstić information content (AvgIpc) is 3.48. The van der Waals surface area contributed by atoms with Gasteiger partial charge in [0.25, 0.3) is 5.91 Å². The number of fused-ring (bicyclic) bond motifs is 2. The first kappa shape index (κ1) is 26.2. The average molecular weight is 554 g/mol. The number of aromatic nitrogens is 2. The summed E-state index contributed by atoms with van der Waals surface area (Å²) in [6.07, 6.45) is 1.58. The molecular weight excluding hydrogens is 526 g/mol. The Morgan fingerprint density at radius 3 is 2.61 bits per heavy atom. The largest absolute Gasteiger partial charge is 0.490 e. The van der Waals surface area contributed by atoms with E-state index in [1.54, 1.807) is 18.2 Å². The van der Waals surface area contributed by atoms with Gasteiger partial charge >= 0.3 is 0 Å². The molecule has 0 aliphatic carbocycles. The van der Waals surface area contributed by atoms with Gasteiger partial charge in [-0.2, -0.15) is 0 Å². The number of hydrogen-bond donors (Lipinski definition) is 0. The molecule has 2 aromatic carbocycles. The first-order valence-corrected chi connectivity index (χ1v) is 13.8. The Kier molecular flexibility index (Phi) is 7.40. The smallest absolute Gasteiger partial charge is 0.297 e. The minimum atomic E-state index is -0.793. The van der Waals surface area contributed by atoms with Gasteiger partial charge < -0.3 is 13.9 Å². The molecule has 3 heterocycles. The Labute approximate surface area is 229 Å². The van der Waals surface area contributed by atoms with E-state index in [1.165, 1.54) is 16.2 Å². The van der Waals surface area contributed by atoms with Crippen LogP contribution in [-0.2, 0) is 6.42 Å². The van der Waals surface area contributed by atoms with Gasteiger partial charge in [0.1, 0.15) is 10.6 Å². The third kappa shape index (κ3) is 4.76. The van der Waals surface area contributed by atoms with Crippen LogP contribution in [0.5, 0.6) is 11.5 Å². The van der Waals surface area contributed by atoms with Crippen molar-refractivity contribution in [2.24, 2.45) is 5.92 Å². The lowest BCUT2D eigenvalue weighted by Crippen LogP contribution is -2.29. The maximum absolute atomic E-state index is 13.8. The molecule has 0 saturated carbocycles. The molecule has 0 radical (unpaired) electrons. The van der Waals surface area contributed by atoms with E-state index in [0.717, 1.165) is 11.4 Å². The monoisotopic (exact) mass is 553 g/mol. The van der Waals surface area contributed by atoms with Crippen molar-refractivity contribution in [1.82, 2.24) is 10.2 Å². The quantitative estimate of drug-likeness (QED) is 0.235. The molecule has 38 heavy (non-hydrogen) atoms. The highest BCUT2D eigenvalue weighted by atomic mass is 35.5. The highest BCUT2D eigenvalue weighted by Crippen LogP contribution is 2.44. The topological polar surface area (TPSA) is 94.8 Å². The minimum Gasteiger partial charge on any atom is -0.490 e. The zero-order valence-electron chi connectivity index (χ0n) is 21.6. The maximum Gasteiger partial charge on any atom is 0.297 e. The van der Waals surface area contributed by atoms with Gasteiger partial charge in [-0.05, 0) is 61.6 Å². The van der Waals surface area contributed by atoms with Crippen molar-refractivity contribution in [3.63, 3.8) is 0 Å². The van der Waals surface area contributed by atoms with Crippen molar-refractivity contribution in [1.29, 1.82) is 0 Å². The van der Waals surface area contributed by atoms with E-state index >= 15 is 0 Å². The molecule has 0 fully saturated rings. The van der Waals surface area contributed by atoms with Crippen molar-refractivity contribution in [2.45, 2.75) is 46.6 Å². The third-order valence-electron chi connectivity index (χ3n) is 6.33. The predicted molar refractivity (Wildman–Crippen MR) is 148 cm³/mol. The van der Waals surface area contributed by atoms with Gasteiger partial charge in [-0.15, -0.1) is 10.2 Å². The molecule has 0 bridgehead atoms. The van der Waals surface area contributed by atoms with Crippen LogP contribution in [0.15, 0.2) is 45.6 Å². The Morgan fingerprint density at radius 2 is 1.89 bits per heavy atom. The normalized spacial score (nSPS) is 14.9. The van der Waals surface area contributed by atoms with Gasteiger partial charge in [0.2, 0.25) is 10.9 Å². The van der Waals surface area contributed by atoms with Gasteiger partial charge in [0, 0.05) is 5.02 Å². The van der Waals surface area contributed by atoms with E-state index in [4.69, 9.17) is 25.5 Å². The summed E-state index contributed by atoms with van der Waals surface area (Å²) in [5.41, 5.74) is 0.871. The van der Waals surface area contributed by atoms with Crippen molar-refractivity contribution in [3.8, 4) is 11.5 Å². The van der Waals surface area contributed by atoms with E-state index in [-0.39, 0.29) is 16.8 Å². The van der Waals surface area contributed by atoms with Crippen LogP contribution in [0.3, 0.4) is 0 Å². The maximum atomic E-state index is 13.8. The molecule has 5 rings (SSSR count). The lowest BCUT2D eigenvalue weighted by atomic mass is 9.98. The number of ether oxygens (including phenoxy) is 2. The highest BCUT2D eigenvalue weighted by molar-refractivity contribution is 7.15. The summed E-state index contributed by atoms with van der Waals surface area (Å²) in [5, 5.41) is 10.4. The van der Waals surface area contributed by atoms with Gasteiger partial charge in [0.05, 0.1) is 30.2 Å². The van der Waals surface area contributed by atoms with E-state index in [1.807, 2.05) is 32.0 Å². The number of aryl methyl sites for hydroxylation is 1. The Morgan fingerprint density at radius 1 is 1.08 bits per heavy atom. The molecule has 198 valence electrons. The Bertz CT molecular complexity index is 1560. The van der Waals surface area contributed by atoms with Crippen molar-refractivity contribution < 1.29 is 18.7 Å². The lowest BCUT2D eigenvalue weighted by Gasteiger charge is -2.23. The fourth-order valence-electron chi connectivity index (χ4n) is 4.43. The first-order chi connectivity index (χ1) is 18.3. The van der Waals surface area contributed by atoms with Crippen LogP contribution in [0.1, 0.15) is 66.8 Å². The molecule has 1 amide bonds. The molecule has 4 aromatic rings. The number of halogens is 1. The van der Waals surface area contributed by atoms with Crippen LogP contribution in [0.25, 0.3) is 11.0 Å². The number of hydrogen-bond acceptors (Lipinski definition) is 8. The molecule has 0 N–H and O–H groups in total. The molecule has 8 nitrogen and oxygen atoms in total. The Hall–Kier alpha value is -3.43. The van der Waals surface area contributed by atoms with Crippen molar-refractivity contribution in [3.05, 3.63) is 73.5 Å². The van der Waals surface area contributed by atoms with Crippen LogP contribution < -0.4 is 19.8 Å².